The van der Waals surface area contributed by atoms with Gasteiger partial charge in [0.2, 0.25) is 0 Å². The van der Waals surface area contributed by atoms with E-state index in [1.54, 1.807) is 0 Å². The lowest BCUT2D eigenvalue weighted by molar-refractivity contribution is 0.395. The predicted octanol–water partition coefficient (Wildman–Crippen LogP) is 5.97. The van der Waals surface area contributed by atoms with Gasteiger partial charge in [-0.2, -0.15) is 0 Å². The molecule has 1 aromatic heterocycles. The first kappa shape index (κ1) is 16.2. The van der Waals surface area contributed by atoms with Gasteiger partial charge in [-0.15, -0.1) is 11.3 Å². The number of quaternary nitrogens is 1. The Labute approximate surface area is 143 Å². The summed E-state index contributed by atoms with van der Waals surface area (Å²) < 4.78 is 2.24. The van der Waals surface area contributed by atoms with E-state index in [1.807, 2.05) is 11.3 Å². The van der Waals surface area contributed by atoms with Gasteiger partial charge in [-0.25, -0.2) is 0 Å². The molecule has 23 heavy (non-hydrogen) atoms. The molecule has 0 fully saturated rings. The molecule has 0 bridgehead atoms. The Hall–Kier alpha value is -1.64. The van der Waals surface area contributed by atoms with E-state index in [0.29, 0.717) is 0 Å². The van der Waals surface area contributed by atoms with Gasteiger partial charge in [-0.1, -0.05) is 51.1 Å². The Kier molecular flexibility index (Phi) is 4.07. The first-order valence-corrected chi connectivity index (χ1v) is 9.04. The zero-order valence-corrected chi connectivity index (χ0v) is 15.6. The number of hydrogen-bond donors (Lipinski definition) is 0. The van der Waals surface area contributed by atoms with E-state index in [4.69, 9.17) is 0 Å². The smallest absolute Gasteiger partial charge is 0.141 e. The van der Waals surface area contributed by atoms with Crippen LogP contribution >= 0.6 is 11.3 Å². The molecule has 0 aliphatic heterocycles. The molecule has 0 aliphatic carbocycles. The van der Waals surface area contributed by atoms with Crippen LogP contribution in [0.2, 0.25) is 0 Å². The molecule has 3 aromatic rings. The second-order valence-corrected chi connectivity index (χ2v) is 8.85. The highest BCUT2D eigenvalue weighted by atomic mass is 32.1. The molecule has 3 rings (SSSR count). The van der Waals surface area contributed by atoms with Crippen LogP contribution in [0.4, 0.5) is 5.69 Å². The van der Waals surface area contributed by atoms with Crippen molar-refractivity contribution >= 4 is 27.1 Å². The molecule has 0 saturated heterocycles. The van der Waals surface area contributed by atoms with E-state index in [0.717, 1.165) is 11.0 Å². The minimum absolute atomic E-state index is 0.213. The molecule has 1 heterocycles. The zero-order chi connectivity index (χ0) is 16.7. The van der Waals surface area contributed by atoms with Crippen LogP contribution in [-0.4, -0.2) is 14.1 Å². The van der Waals surface area contributed by atoms with Gasteiger partial charge in [0, 0.05) is 10.3 Å². The van der Waals surface area contributed by atoms with Crippen LogP contribution in [-0.2, 0) is 12.0 Å². The van der Waals surface area contributed by atoms with Crippen LogP contribution in [0.5, 0.6) is 0 Å². The maximum absolute atomic E-state index is 2.30. The quantitative estimate of drug-likeness (QED) is 0.521. The van der Waals surface area contributed by atoms with Crippen LogP contribution in [0.25, 0.3) is 10.1 Å². The van der Waals surface area contributed by atoms with Crippen molar-refractivity contribution in [3.63, 3.8) is 0 Å². The van der Waals surface area contributed by atoms with E-state index in [1.165, 1.54) is 26.9 Å². The summed E-state index contributed by atoms with van der Waals surface area (Å²) in [5.74, 6) is 0. The van der Waals surface area contributed by atoms with Crippen molar-refractivity contribution in [2.45, 2.75) is 32.7 Å². The van der Waals surface area contributed by atoms with Gasteiger partial charge in [0.25, 0.3) is 0 Å². The van der Waals surface area contributed by atoms with E-state index >= 15 is 0 Å². The van der Waals surface area contributed by atoms with E-state index in [2.05, 4.69) is 88.8 Å². The summed E-state index contributed by atoms with van der Waals surface area (Å²) >= 11 is 1.82. The van der Waals surface area contributed by atoms with Crippen LogP contribution in [0.15, 0.2) is 53.9 Å². The van der Waals surface area contributed by atoms with Crippen molar-refractivity contribution in [2.24, 2.45) is 0 Å². The lowest BCUT2D eigenvalue weighted by Crippen LogP contribution is -2.39. The fourth-order valence-corrected chi connectivity index (χ4v) is 3.97. The highest BCUT2D eigenvalue weighted by Crippen LogP contribution is 2.34. The molecule has 0 unspecified atom stereocenters. The largest absolute Gasteiger partial charge is 0.292 e. The SMILES string of the molecule is CC(C)(C)c1ccc(C[N+](C)(C)c2cccc3sccc23)cc1. The number of benzene rings is 2. The van der Waals surface area contributed by atoms with Crippen LogP contribution < -0.4 is 4.48 Å². The molecule has 2 heteroatoms. The third kappa shape index (κ3) is 3.34. The van der Waals surface area contributed by atoms with E-state index in [9.17, 15) is 0 Å². The molecular weight excluding hydrogens is 298 g/mol. The van der Waals surface area contributed by atoms with Crippen LogP contribution in [0, 0.1) is 0 Å². The fraction of sp³-hybridized carbons (Fsp3) is 0.333. The fourth-order valence-electron chi connectivity index (χ4n) is 3.16. The predicted molar refractivity (Wildman–Crippen MR) is 104 cm³/mol. The summed E-state index contributed by atoms with van der Waals surface area (Å²) in [6.45, 7) is 7.79. The maximum Gasteiger partial charge on any atom is 0.141 e. The molecule has 1 nitrogen and oxygen atoms in total. The standard InChI is InChI=1S/C21H26NS/c1-21(2,3)17-11-9-16(10-12-17)15-22(4,5)19-7-6-8-20-18(19)13-14-23-20/h6-14H,15H2,1-5H3/q+1. The number of fused-ring (bicyclic) bond motifs is 1. The summed E-state index contributed by atoms with van der Waals surface area (Å²) in [5, 5.41) is 3.57. The van der Waals surface area contributed by atoms with Crippen molar-refractivity contribution < 1.29 is 0 Å². The van der Waals surface area contributed by atoms with E-state index in [-0.39, 0.29) is 5.41 Å². The van der Waals surface area contributed by atoms with Gasteiger partial charge in [-0.05, 0) is 34.6 Å². The van der Waals surface area contributed by atoms with Gasteiger partial charge in [-0.3, -0.25) is 4.48 Å². The zero-order valence-electron chi connectivity index (χ0n) is 14.8. The highest BCUT2D eigenvalue weighted by molar-refractivity contribution is 7.17. The summed E-state index contributed by atoms with van der Waals surface area (Å²) in [6, 6.07) is 18.0. The van der Waals surface area contributed by atoms with Crippen molar-refractivity contribution in [3.05, 3.63) is 65.0 Å². The highest BCUT2D eigenvalue weighted by Gasteiger charge is 2.23. The lowest BCUT2D eigenvalue weighted by atomic mass is 9.86. The Bertz CT molecular complexity index is 804. The van der Waals surface area contributed by atoms with Gasteiger partial charge < -0.3 is 0 Å². The van der Waals surface area contributed by atoms with Gasteiger partial charge in [0.15, 0.2) is 0 Å². The molecule has 0 atom stereocenters. The van der Waals surface area contributed by atoms with Gasteiger partial charge in [0.05, 0.1) is 19.5 Å². The molecule has 0 amide bonds. The average Bonchev–Trinajstić information content (AvgIpc) is 2.94. The number of nitrogens with zero attached hydrogens (tertiary/aromatic N) is 1. The molecule has 0 saturated carbocycles. The Balaban J connectivity index is 1.90. The van der Waals surface area contributed by atoms with Crippen molar-refractivity contribution in [1.29, 1.82) is 0 Å². The molecule has 0 N–H and O–H groups in total. The molecule has 2 aromatic carbocycles. The lowest BCUT2D eigenvalue weighted by Gasteiger charge is -2.30. The molecular formula is C21H26NS+. The van der Waals surface area contributed by atoms with Crippen molar-refractivity contribution in [3.8, 4) is 0 Å². The minimum atomic E-state index is 0.213. The first-order chi connectivity index (χ1) is 10.8. The minimum Gasteiger partial charge on any atom is -0.292 e. The van der Waals surface area contributed by atoms with Crippen molar-refractivity contribution in [1.82, 2.24) is 4.48 Å². The summed E-state index contributed by atoms with van der Waals surface area (Å²) in [4.78, 5) is 0. The van der Waals surface area contributed by atoms with Crippen LogP contribution in [0.3, 0.4) is 0 Å². The van der Waals surface area contributed by atoms with Gasteiger partial charge in [0.1, 0.15) is 12.2 Å². The van der Waals surface area contributed by atoms with Crippen molar-refractivity contribution in [2.75, 3.05) is 14.1 Å². The molecule has 0 spiro atoms. The molecule has 0 radical (unpaired) electrons. The summed E-state index contributed by atoms with van der Waals surface area (Å²) in [5.41, 5.74) is 4.39. The Morgan fingerprint density at radius 2 is 1.61 bits per heavy atom. The average molecular weight is 325 g/mol. The third-order valence-electron chi connectivity index (χ3n) is 4.52. The number of thiophene rings is 1. The summed E-state index contributed by atoms with van der Waals surface area (Å²) in [6.07, 6.45) is 0. The first-order valence-electron chi connectivity index (χ1n) is 8.17. The third-order valence-corrected chi connectivity index (χ3v) is 5.40. The topological polar surface area (TPSA) is 0 Å². The van der Waals surface area contributed by atoms with Gasteiger partial charge >= 0.3 is 0 Å². The molecule has 0 aliphatic rings. The van der Waals surface area contributed by atoms with Crippen LogP contribution in [0.1, 0.15) is 31.9 Å². The summed E-state index contributed by atoms with van der Waals surface area (Å²) in [7, 11) is 4.59. The number of hydrogen-bond acceptors (Lipinski definition) is 1. The monoisotopic (exact) mass is 324 g/mol. The Morgan fingerprint density at radius 3 is 2.26 bits per heavy atom. The second-order valence-electron chi connectivity index (χ2n) is 7.90. The maximum atomic E-state index is 2.30. The Morgan fingerprint density at radius 1 is 0.913 bits per heavy atom. The number of rotatable bonds is 3. The molecule has 120 valence electrons. The second kappa shape index (κ2) is 5.77. The van der Waals surface area contributed by atoms with E-state index < -0.39 is 0 Å². The normalized spacial score (nSPS) is 12.7.